The molecule has 0 fully saturated rings. The number of aromatic nitrogens is 6. The highest BCUT2D eigenvalue weighted by molar-refractivity contribution is 5.49. The summed E-state index contributed by atoms with van der Waals surface area (Å²) in [5, 5.41) is 8.22. The van der Waals surface area contributed by atoms with E-state index < -0.39 is 0 Å². The van der Waals surface area contributed by atoms with Gasteiger partial charge in [0.2, 0.25) is 5.65 Å². The minimum absolute atomic E-state index is 0.154. The van der Waals surface area contributed by atoms with Gasteiger partial charge in [-0.25, -0.2) is 9.97 Å². The molecule has 1 aliphatic carbocycles. The van der Waals surface area contributed by atoms with E-state index in [2.05, 4.69) is 25.1 Å². The molecular formula is C16H19N7O. The lowest BCUT2D eigenvalue weighted by Crippen LogP contribution is -2.24. The molecule has 4 rings (SSSR count). The van der Waals surface area contributed by atoms with E-state index in [9.17, 15) is 4.79 Å². The fourth-order valence-corrected chi connectivity index (χ4v) is 3.25. The second kappa shape index (κ2) is 5.70. The van der Waals surface area contributed by atoms with Crippen LogP contribution in [0, 0.1) is 0 Å². The van der Waals surface area contributed by atoms with Gasteiger partial charge in [0.1, 0.15) is 12.1 Å². The minimum Gasteiger partial charge on any atom is -0.352 e. The summed E-state index contributed by atoms with van der Waals surface area (Å²) in [6.45, 7) is 0.526. The number of nitrogens with zero attached hydrogens (tertiary/aromatic N) is 7. The first-order valence-electron chi connectivity index (χ1n) is 8.08. The first-order valence-corrected chi connectivity index (χ1v) is 8.08. The van der Waals surface area contributed by atoms with Gasteiger partial charge in [-0.05, 0) is 25.7 Å². The van der Waals surface area contributed by atoms with Crippen molar-refractivity contribution in [3.63, 3.8) is 0 Å². The van der Waals surface area contributed by atoms with Gasteiger partial charge in [-0.3, -0.25) is 9.20 Å². The van der Waals surface area contributed by atoms with Crippen LogP contribution >= 0.6 is 0 Å². The van der Waals surface area contributed by atoms with Gasteiger partial charge in [-0.15, -0.1) is 10.2 Å². The smallest absolute Gasteiger partial charge is 0.295 e. The zero-order valence-corrected chi connectivity index (χ0v) is 13.8. The molecule has 3 aromatic rings. The van der Waals surface area contributed by atoms with Crippen LogP contribution in [0.25, 0.3) is 5.65 Å². The van der Waals surface area contributed by atoms with Crippen molar-refractivity contribution in [3.05, 3.63) is 46.2 Å². The molecule has 0 N–H and O–H groups in total. The lowest BCUT2D eigenvalue weighted by Gasteiger charge is -2.23. The van der Waals surface area contributed by atoms with Crippen LogP contribution in [0.3, 0.4) is 0 Å². The molecule has 3 aromatic heterocycles. The summed E-state index contributed by atoms with van der Waals surface area (Å²) in [5.74, 6) is 1.66. The van der Waals surface area contributed by atoms with E-state index in [1.807, 2.05) is 13.2 Å². The highest BCUT2D eigenvalue weighted by Crippen LogP contribution is 2.27. The molecule has 3 heterocycles. The van der Waals surface area contributed by atoms with Crippen LogP contribution < -0.4 is 10.5 Å². The zero-order chi connectivity index (χ0) is 16.7. The maximum atomic E-state index is 12.1. The number of aryl methyl sites for hydroxylation is 2. The Kier molecular flexibility index (Phi) is 3.51. The van der Waals surface area contributed by atoms with Crippen LogP contribution in [0.1, 0.15) is 29.9 Å². The molecular weight excluding hydrogens is 306 g/mol. The van der Waals surface area contributed by atoms with E-state index in [0.29, 0.717) is 18.0 Å². The summed E-state index contributed by atoms with van der Waals surface area (Å²) in [6.07, 6.45) is 9.55. The van der Waals surface area contributed by atoms with Gasteiger partial charge in [0.25, 0.3) is 5.56 Å². The number of anilines is 1. The molecule has 0 aliphatic heterocycles. The van der Waals surface area contributed by atoms with Crippen molar-refractivity contribution in [1.29, 1.82) is 0 Å². The summed E-state index contributed by atoms with van der Waals surface area (Å²) >= 11 is 0. The first kappa shape index (κ1) is 14.8. The van der Waals surface area contributed by atoms with Crippen LogP contribution in [0.4, 0.5) is 5.82 Å². The van der Waals surface area contributed by atoms with E-state index in [0.717, 1.165) is 24.4 Å². The van der Waals surface area contributed by atoms with Crippen molar-refractivity contribution in [1.82, 2.24) is 29.1 Å². The molecule has 0 atom stereocenters. The van der Waals surface area contributed by atoms with Crippen LogP contribution in [0.15, 0.2) is 23.5 Å². The van der Waals surface area contributed by atoms with Crippen molar-refractivity contribution in [2.24, 2.45) is 7.05 Å². The van der Waals surface area contributed by atoms with E-state index in [4.69, 9.17) is 0 Å². The number of hydrogen-bond donors (Lipinski definition) is 0. The van der Waals surface area contributed by atoms with Gasteiger partial charge in [0, 0.05) is 37.7 Å². The predicted octanol–water partition coefficient (Wildman–Crippen LogP) is 0.733. The van der Waals surface area contributed by atoms with Gasteiger partial charge in [-0.2, -0.15) is 0 Å². The first-order chi connectivity index (χ1) is 11.6. The summed E-state index contributed by atoms with van der Waals surface area (Å²) in [5.41, 5.74) is 2.57. The van der Waals surface area contributed by atoms with Gasteiger partial charge in [0.05, 0.1) is 6.54 Å². The molecule has 0 saturated heterocycles. The van der Waals surface area contributed by atoms with Crippen LogP contribution in [-0.4, -0.2) is 36.2 Å². The highest BCUT2D eigenvalue weighted by Gasteiger charge is 2.19. The Morgan fingerprint density at radius 1 is 1.17 bits per heavy atom. The van der Waals surface area contributed by atoms with Crippen LogP contribution in [0.2, 0.25) is 0 Å². The molecule has 0 bridgehead atoms. The van der Waals surface area contributed by atoms with Crippen molar-refractivity contribution in [3.8, 4) is 0 Å². The fraction of sp³-hybridized carbons (Fsp3) is 0.438. The average Bonchev–Trinajstić information content (AvgIpc) is 3.01. The number of fused-ring (bicyclic) bond motifs is 2. The van der Waals surface area contributed by atoms with E-state index in [-0.39, 0.29) is 5.56 Å². The molecule has 124 valence electrons. The van der Waals surface area contributed by atoms with Gasteiger partial charge >= 0.3 is 0 Å². The second-order valence-corrected chi connectivity index (χ2v) is 6.21. The molecule has 8 heteroatoms. The minimum atomic E-state index is -0.154. The van der Waals surface area contributed by atoms with E-state index >= 15 is 0 Å². The predicted molar refractivity (Wildman–Crippen MR) is 89.0 cm³/mol. The lowest BCUT2D eigenvalue weighted by atomic mass is 9.96. The standard InChI is InChI=1S/C16H19N7O/c1-21-7-8-23-13(19-20-15(23)16(21)24)9-22(2)14-11-5-3-4-6-12(11)17-10-18-14/h7-8,10H,3-6,9H2,1-2H3. The Labute approximate surface area is 138 Å². The summed E-state index contributed by atoms with van der Waals surface area (Å²) < 4.78 is 3.24. The number of rotatable bonds is 3. The highest BCUT2D eigenvalue weighted by atomic mass is 16.1. The summed E-state index contributed by atoms with van der Waals surface area (Å²) in [7, 11) is 3.69. The zero-order valence-electron chi connectivity index (χ0n) is 13.8. The molecule has 1 aliphatic rings. The fourth-order valence-electron chi connectivity index (χ4n) is 3.25. The molecule has 0 aromatic carbocycles. The normalized spacial score (nSPS) is 13.9. The SMILES string of the molecule is CN(Cc1nnc2c(=O)n(C)ccn12)c1ncnc2c1CCCC2. The molecule has 8 nitrogen and oxygen atoms in total. The monoisotopic (exact) mass is 325 g/mol. The van der Waals surface area contributed by atoms with Crippen LogP contribution in [-0.2, 0) is 26.4 Å². The molecule has 0 saturated carbocycles. The maximum absolute atomic E-state index is 12.1. The average molecular weight is 325 g/mol. The van der Waals surface area contributed by atoms with Gasteiger partial charge in [-0.1, -0.05) is 0 Å². The molecule has 0 radical (unpaired) electrons. The second-order valence-electron chi connectivity index (χ2n) is 6.21. The van der Waals surface area contributed by atoms with E-state index in [1.165, 1.54) is 23.0 Å². The molecule has 24 heavy (non-hydrogen) atoms. The van der Waals surface area contributed by atoms with Gasteiger partial charge < -0.3 is 9.47 Å². The van der Waals surface area contributed by atoms with Gasteiger partial charge in [0.15, 0.2) is 5.82 Å². The Bertz CT molecular complexity index is 959. The van der Waals surface area contributed by atoms with Crippen molar-refractivity contribution in [2.75, 3.05) is 11.9 Å². The Morgan fingerprint density at radius 3 is 2.88 bits per heavy atom. The molecule has 0 spiro atoms. The van der Waals surface area contributed by atoms with E-state index in [1.54, 1.807) is 24.0 Å². The number of hydrogen-bond acceptors (Lipinski definition) is 6. The summed E-state index contributed by atoms with van der Waals surface area (Å²) in [6, 6.07) is 0. The molecule has 0 unspecified atom stereocenters. The third-order valence-corrected chi connectivity index (χ3v) is 4.56. The molecule has 0 amide bonds. The lowest BCUT2D eigenvalue weighted by molar-refractivity contribution is 0.656. The Morgan fingerprint density at radius 2 is 2.00 bits per heavy atom. The largest absolute Gasteiger partial charge is 0.352 e. The maximum Gasteiger partial charge on any atom is 0.295 e. The Hall–Kier alpha value is -2.77. The van der Waals surface area contributed by atoms with Crippen LogP contribution in [0.5, 0.6) is 0 Å². The summed E-state index contributed by atoms with van der Waals surface area (Å²) in [4.78, 5) is 23.0. The Balaban J connectivity index is 1.69. The third kappa shape index (κ3) is 2.34. The topological polar surface area (TPSA) is 81.2 Å². The van der Waals surface area contributed by atoms with Crippen molar-refractivity contribution < 1.29 is 0 Å². The quantitative estimate of drug-likeness (QED) is 0.706. The van der Waals surface area contributed by atoms with Crippen molar-refractivity contribution in [2.45, 2.75) is 32.2 Å². The third-order valence-electron chi connectivity index (χ3n) is 4.56. The van der Waals surface area contributed by atoms with Crippen molar-refractivity contribution >= 4 is 11.5 Å².